The van der Waals surface area contributed by atoms with Gasteiger partial charge in [-0.2, -0.15) is 0 Å². The highest BCUT2D eigenvalue weighted by atomic mass is 35.5. The summed E-state index contributed by atoms with van der Waals surface area (Å²) in [5, 5.41) is 1.10. The third-order valence-electron chi connectivity index (χ3n) is 3.15. The van der Waals surface area contributed by atoms with Crippen molar-refractivity contribution in [2.45, 2.75) is 18.4 Å². The first-order valence-electron chi connectivity index (χ1n) is 6.71. The van der Waals surface area contributed by atoms with Gasteiger partial charge in [-0.05, 0) is 37.3 Å². The van der Waals surface area contributed by atoms with Crippen LogP contribution >= 0.6 is 22.9 Å². The molecule has 0 saturated heterocycles. The molecule has 23 heavy (non-hydrogen) atoms. The van der Waals surface area contributed by atoms with E-state index in [2.05, 4.69) is 9.71 Å². The molecule has 3 rings (SSSR count). The van der Waals surface area contributed by atoms with E-state index in [1.165, 1.54) is 23.5 Å². The summed E-state index contributed by atoms with van der Waals surface area (Å²) in [6.45, 7) is 2.00. The van der Waals surface area contributed by atoms with Crippen molar-refractivity contribution in [2.75, 3.05) is 0 Å². The molecule has 0 aliphatic heterocycles. The first-order chi connectivity index (χ1) is 11.0. The SMILES string of the molecule is Cc1nc(-c2ccco2)sc1CNS(=O)(=O)c1cccc(Cl)c1. The number of hydrogen-bond donors (Lipinski definition) is 1. The summed E-state index contributed by atoms with van der Waals surface area (Å²) in [7, 11) is -3.62. The number of nitrogens with one attached hydrogen (secondary N) is 1. The highest BCUT2D eigenvalue weighted by molar-refractivity contribution is 7.89. The van der Waals surface area contributed by atoms with E-state index in [1.807, 2.05) is 13.0 Å². The summed E-state index contributed by atoms with van der Waals surface area (Å²) >= 11 is 7.24. The second kappa shape index (κ2) is 6.45. The predicted octanol–water partition coefficient (Wildman–Crippen LogP) is 3.84. The van der Waals surface area contributed by atoms with Crippen molar-refractivity contribution < 1.29 is 12.8 Å². The van der Waals surface area contributed by atoms with Crippen LogP contribution in [0.2, 0.25) is 5.02 Å². The maximum atomic E-state index is 12.3. The van der Waals surface area contributed by atoms with Crippen LogP contribution in [0, 0.1) is 6.92 Å². The summed E-state index contributed by atoms with van der Waals surface area (Å²) in [5.41, 5.74) is 0.773. The van der Waals surface area contributed by atoms with Crippen LogP contribution in [0.1, 0.15) is 10.6 Å². The molecule has 0 amide bonds. The van der Waals surface area contributed by atoms with E-state index in [1.54, 1.807) is 24.5 Å². The molecule has 0 radical (unpaired) electrons. The maximum absolute atomic E-state index is 12.3. The van der Waals surface area contributed by atoms with Crippen molar-refractivity contribution in [3.05, 3.63) is 58.3 Å². The Morgan fingerprint density at radius 3 is 2.83 bits per heavy atom. The number of sulfonamides is 1. The molecule has 0 unspecified atom stereocenters. The molecule has 0 bridgehead atoms. The molecule has 0 fully saturated rings. The van der Waals surface area contributed by atoms with Gasteiger partial charge in [0.2, 0.25) is 10.0 Å². The van der Waals surface area contributed by atoms with Crippen LogP contribution in [0.15, 0.2) is 52.0 Å². The molecule has 0 saturated carbocycles. The lowest BCUT2D eigenvalue weighted by atomic mass is 10.4. The number of furan rings is 1. The van der Waals surface area contributed by atoms with Gasteiger partial charge < -0.3 is 4.42 Å². The third-order valence-corrected chi connectivity index (χ3v) is 5.96. The quantitative estimate of drug-likeness (QED) is 0.742. The Labute approximate surface area is 143 Å². The summed E-state index contributed by atoms with van der Waals surface area (Å²) in [6.07, 6.45) is 1.58. The minimum atomic E-state index is -3.62. The number of aromatic nitrogens is 1. The molecule has 0 atom stereocenters. The van der Waals surface area contributed by atoms with Crippen LogP contribution in [0.5, 0.6) is 0 Å². The number of nitrogens with zero attached hydrogens (tertiary/aromatic N) is 1. The second-order valence-electron chi connectivity index (χ2n) is 4.79. The number of aryl methyl sites for hydroxylation is 1. The molecule has 0 aliphatic carbocycles. The molecule has 0 aliphatic rings. The first-order valence-corrected chi connectivity index (χ1v) is 9.39. The lowest BCUT2D eigenvalue weighted by Crippen LogP contribution is -2.23. The van der Waals surface area contributed by atoms with E-state index in [9.17, 15) is 8.42 Å². The standard InChI is InChI=1S/C15H13ClN2O3S2/c1-10-14(22-15(18-10)13-6-3-7-21-13)9-17-23(19,20)12-5-2-4-11(16)8-12/h2-8,17H,9H2,1H3. The van der Waals surface area contributed by atoms with Gasteiger partial charge in [-0.1, -0.05) is 17.7 Å². The molecule has 1 N–H and O–H groups in total. The lowest BCUT2D eigenvalue weighted by molar-refractivity contribution is 0.580. The van der Waals surface area contributed by atoms with Gasteiger partial charge in [0, 0.05) is 16.4 Å². The fourth-order valence-electron chi connectivity index (χ4n) is 1.98. The normalized spacial score (nSPS) is 11.7. The largest absolute Gasteiger partial charge is 0.462 e. The third kappa shape index (κ3) is 3.64. The zero-order chi connectivity index (χ0) is 16.4. The van der Waals surface area contributed by atoms with Gasteiger partial charge in [0.1, 0.15) is 0 Å². The topological polar surface area (TPSA) is 72.2 Å². The van der Waals surface area contributed by atoms with Crippen LogP contribution in [-0.2, 0) is 16.6 Å². The average molecular weight is 369 g/mol. The highest BCUT2D eigenvalue weighted by Gasteiger charge is 2.17. The minimum Gasteiger partial charge on any atom is -0.462 e. The van der Waals surface area contributed by atoms with Crippen molar-refractivity contribution in [1.29, 1.82) is 0 Å². The number of benzene rings is 1. The van der Waals surface area contributed by atoms with Crippen molar-refractivity contribution in [2.24, 2.45) is 0 Å². The Hall–Kier alpha value is -1.67. The molecule has 2 aromatic heterocycles. The summed E-state index contributed by atoms with van der Waals surface area (Å²) in [6, 6.07) is 9.75. The van der Waals surface area contributed by atoms with Crippen molar-refractivity contribution in [3.8, 4) is 10.8 Å². The van der Waals surface area contributed by atoms with E-state index >= 15 is 0 Å². The molecule has 8 heteroatoms. The highest BCUT2D eigenvalue weighted by Crippen LogP contribution is 2.28. The van der Waals surface area contributed by atoms with Gasteiger partial charge in [-0.25, -0.2) is 18.1 Å². The Balaban J connectivity index is 1.78. The van der Waals surface area contributed by atoms with E-state index < -0.39 is 10.0 Å². The van der Waals surface area contributed by atoms with Gasteiger partial charge >= 0.3 is 0 Å². The van der Waals surface area contributed by atoms with Crippen molar-refractivity contribution >= 4 is 33.0 Å². The van der Waals surface area contributed by atoms with E-state index in [0.717, 1.165) is 15.6 Å². The van der Waals surface area contributed by atoms with Gasteiger partial charge in [-0.15, -0.1) is 11.3 Å². The number of rotatable bonds is 5. The Bertz CT molecular complexity index is 918. The van der Waals surface area contributed by atoms with E-state index in [-0.39, 0.29) is 11.4 Å². The Morgan fingerprint density at radius 1 is 1.30 bits per heavy atom. The van der Waals surface area contributed by atoms with Crippen LogP contribution in [0.25, 0.3) is 10.8 Å². The second-order valence-corrected chi connectivity index (χ2v) is 8.07. The van der Waals surface area contributed by atoms with Crippen LogP contribution in [0.4, 0.5) is 0 Å². The monoisotopic (exact) mass is 368 g/mol. The number of halogens is 1. The van der Waals surface area contributed by atoms with Crippen LogP contribution in [0.3, 0.4) is 0 Å². The van der Waals surface area contributed by atoms with E-state index in [4.69, 9.17) is 16.0 Å². The molecule has 3 aromatic rings. The maximum Gasteiger partial charge on any atom is 0.240 e. The molecular weight excluding hydrogens is 356 g/mol. The molecule has 120 valence electrons. The number of thiazole rings is 1. The van der Waals surface area contributed by atoms with E-state index in [0.29, 0.717) is 10.8 Å². The molecule has 2 heterocycles. The molecule has 5 nitrogen and oxygen atoms in total. The summed E-state index contributed by atoms with van der Waals surface area (Å²) in [5.74, 6) is 0.669. The van der Waals surface area contributed by atoms with Crippen LogP contribution < -0.4 is 4.72 Å². The van der Waals surface area contributed by atoms with Gasteiger partial charge in [0.05, 0.1) is 16.9 Å². The smallest absolute Gasteiger partial charge is 0.240 e. The van der Waals surface area contributed by atoms with Crippen LogP contribution in [-0.4, -0.2) is 13.4 Å². The van der Waals surface area contributed by atoms with Gasteiger partial charge in [0.25, 0.3) is 0 Å². The first kappa shape index (κ1) is 16.2. The van der Waals surface area contributed by atoms with Crippen molar-refractivity contribution in [3.63, 3.8) is 0 Å². The Kier molecular flexibility index (Phi) is 4.54. The minimum absolute atomic E-state index is 0.137. The lowest BCUT2D eigenvalue weighted by Gasteiger charge is -2.06. The zero-order valence-corrected chi connectivity index (χ0v) is 14.5. The molecule has 0 spiro atoms. The van der Waals surface area contributed by atoms with Gasteiger partial charge in [0.15, 0.2) is 10.8 Å². The summed E-state index contributed by atoms with van der Waals surface area (Å²) in [4.78, 5) is 5.38. The van der Waals surface area contributed by atoms with Crippen molar-refractivity contribution in [1.82, 2.24) is 9.71 Å². The number of hydrogen-bond acceptors (Lipinski definition) is 5. The molecular formula is C15H13ClN2O3S2. The fourth-order valence-corrected chi connectivity index (χ4v) is 4.33. The summed E-state index contributed by atoms with van der Waals surface area (Å²) < 4.78 is 32.5. The van der Waals surface area contributed by atoms with Gasteiger partial charge in [-0.3, -0.25) is 0 Å². The molecule has 1 aromatic carbocycles. The predicted molar refractivity (Wildman–Crippen MR) is 90.0 cm³/mol. The zero-order valence-electron chi connectivity index (χ0n) is 12.1. The average Bonchev–Trinajstić information content (AvgIpc) is 3.15. The Morgan fingerprint density at radius 2 is 2.13 bits per heavy atom. The fraction of sp³-hybridized carbons (Fsp3) is 0.133.